The number of hydrogen-bond donors (Lipinski definition) is 0. The number of ether oxygens (including phenoxy) is 2. The normalized spacial score (nSPS) is 19.6. The van der Waals surface area contributed by atoms with Gasteiger partial charge >= 0.3 is 0 Å². The van der Waals surface area contributed by atoms with Crippen molar-refractivity contribution in [3.05, 3.63) is 109 Å². The minimum Gasteiger partial charge on any atom is -0.489 e. The van der Waals surface area contributed by atoms with Crippen molar-refractivity contribution in [3.8, 4) is 45.4 Å². The first-order valence-electron chi connectivity index (χ1n) is 20.1. The fourth-order valence-electron chi connectivity index (χ4n) is 8.40. The van der Waals surface area contributed by atoms with Crippen molar-refractivity contribution < 1.29 is 18.3 Å². The van der Waals surface area contributed by atoms with Crippen molar-refractivity contribution in [1.29, 1.82) is 0 Å². The Bertz CT molecular complexity index is 2290. The first-order valence-corrected chi connectivity index (χ1v) is 20.1. The van der Waals surface area contributed by atoms with Gasteiger partial charge in [-0.2, -0.15) is 10.2 Å². The molecular formula is C44H50F2N10O2. The summed E-state index contributed by atoms with van der Waals surface area (Å²) in [5.74, 6) is 2.71. The predicted octanol–water partition coefficient (Wildman–Crippen LogP) is 7.68. The van der Waals surface area contributed by atoms with Crippen molar-refractivity contribution in [1.82, 2.24) is 49.3 Å². The first kappa shape index (κ1) is 39.2. The van der Waals surface area contributed by atoms with Crippen LogP contribution in [0.15, 0.2) is 92.0 Å². The molecule has 12 nitrogen and oxygen atoms in total. The van der Waals surface area contributed by atoms with E-state index in [9.17, 15) is 8.78 Å². The Labute approximate surface area is 337 Å². The topological polar surface area (TPSA) is 112 Å². The lowest BCUT2D eigenvalue weighted by atomic mass is 9.86. The largest absolute Gasteiger partial charge is 0.489 e. The van der Waals surface area contributed by atoms with Crippen molar-refractivity contribution in [2.45, 2.75) is 57.5 Å². The lowest BCUT2D eigenvalue weighted by Crippen LogP contribution is -2.36. The van der Waals surface area contributed by atoms with Crippen LogP contribution in [0.1, 0.15) is 50.8 Å². The van der Waals surface area contributed by atoms with E-state index in [0.717, 1.165) is 56.2 Å². The molecule has 8 rings (SSSR count). The van der Waals surface area contributed by atoms with E-state index in [1.807, 2.05) is 0 Å². The maximum absolute atomic E-state index is 14.7. The zero-order valence-electron chi connectivity index (χ0n) is 33.3. The standard InChI is InChI=1S/C44H50F2N10O2/c1-53(2)23-31-12-13-32(18-31)28-58-41-22-48-42(52-44(41)34-20-51-56(25-34)39-11-7-5-9-37(39)46)26-54(3)35-16-14-30(15-17-35)27-57-40-21-47-29-49-43(40)33-19-50-55(24-33)38-10-6-4-8-36(38)45/h4-11,19-22,24-25,29-32,35H,12-18,23,26-28H2,1-3H3/t30-,31-,32+,35+/m1/s1. The number of halogens is 2. The van der Waals surface area contributed by atoms with E-state index in [1.165, 1.54) is 29.6 Å². The molecule has 2 saturated carbocycles. The van der Waals surface area contributed by atoms with Crippen molar-refractivity contribution in [3.63, 3.8) is 0 Å². The number of nitrogens with zero attached hydrogens (tertiary/aromatic N) is 10. The Morgan fingerprint density at radius 2 is 1.26 bits per heavy atom. The number of aromatic nitrogens is 8. The second-order valence-corrected chi connectivity index (χ2v) is 16.0. The zero-order valence-corrected chi connectivity index (χ0v) is 33.3. The van der Waals surface area contributed by atoms with Gasteiger partial charge in [-0.15, -0.1) is 0 Å². The fraction of sp³-hybridized carbons (Fsp3) is 0.409. The van der Waals surface area contributed by atoms with Gasteiger partial charge in [0.15, 0.2) is 11.5 Å². The Morgan fingerprint density at radius 3 is 1.91 bits per heavy atom. The van der Waals surface area contributed by atoms with Crippen LogP contribution < -0.4 is 9.47 Å². The van der Waals surface area contributed by atoms with Gasteiger partial charge < -0.3 is 14.4 Å². The van der Waals surface area contributed by atoms with Gasteiger partial charge in [-0.3, -0.25) is 4.90 Å². The molecule has 0 aliphatic heterocycles. The predicted molar refractivity (Wildman–Crippen MR) is 217 cm³/mol. The van der Waals surface area contributed by atoms with E-state index in [1.54, 1.807) is 78.3 Å². The van der Waals surface area contributed by atoms with Crippen molar-refractivity contribution >= 4 is 0 Å². The average molecular weight is 789 g/mol. The van der Waals surface area contributed by atoms with E-state index < -0.39 is 0 Å². The average Bonchev–Trinajstić information content (AvgIpc) is 4.02. The summed E-state index contributed by atoms with van der Waals surface area (Å²) in [6, 6.07) is 13.5. The summed E-state index contributed by atoms with van der Waals surface area (Å²) in [6.45, 7) is 2.81. The molecule has 0 spiro atoms. The Kier molecular flexibility index (Phi) is 12.1. The van der Waals surface area contributed by atoms with Gasteiger partial charge in [-0.05, 0) is 108 Å². The lowest BCUT2D eigenvalue weighted by molar-refractivity contribution is 0.129. The SMILES string of the molecule is CN(C)C[C@@H]1CC[C@H](COc2cnc(CN(C)[C@H]3CC[C@@H](COc4cncnc4-c4cnn(-c5ccccc5F)c4)CC3)nc2-c2cnn(-c3ccccc3F)c2)C1. The summed E-state index contributed by atoms with van der Waals surface area (Å²) < 4.78 is 44.9. The molecule has 14 heteroatoms. The van der Waals surface area contributed by atoms with E-state index in [0.29, 0.717) is 83.6 Å². The third-order valence-corrected chi connectivity index (χ3v) is 11.4. The third kappa shape index (κ3) is 9.24. The van der Waals surface area contributed by atoms with Gasteiger partial charge in [0, 0.05) is 36.1 Å². The van der Waals surface area contributed by atoms with E-state index in [4.69, 9.17) is 19.4 Å². The van der Waals surface area contributed by atoms with Crippen LogP contribution in [0.25, 0.3) is 33.9 Å². The van der Waals surface area contributed by atoms with Crippen LogP contribution in [-0.2, 0) is 6.54 Å². The molecule has 2 aliphatic rings. The highest BCUT2D eigenvalue weighted by atomic mass is 19.1. The quantitative estimate of drug-likeness (QED) is 0.103. The van der Waals surface area contributed by atoms with Crippen LogP contribution in [0.4, 0.5) is 8.78 Å². The molecule has 58 heavy (non-hydrogen) atoms. The number of para-hydroxylation sites is 2. The first-order chi connectivity index (χ1) is 28.3. The molecule has 302 valence electrons. The molecule has 2 atom stereocenters. The summed E-state index contributed by atoms with van der Waals surface area (Å²) >= 11 is 0. The van der Waals surface area contributed by atoms with Crippen LogP contribution in [0.5, 0.6) is 11.5 Å². The highest BCUT2D eigenvalue weighted by Gasteiger charge is 2.28. The highest BCUT2D eigenvalue weighted by molar-refractivity contribution is 5.65. The van der Waals surface area contributed by atoms with Gasteiger partial charge in [0.05, 0.1) is 44.5 Å². The minimum atomic E-state index is -0.354. The maximum atomic E-state index is 14.7. The molecular weight excluding hydrogens is 739 g/mol. The monoisotopic (exact) mass is 788 g/mol. The van der Waals surface area contributed by atoms with Crippen LogP contribution in [0, 0.1) is 29.4 Å². The Morgan fingerprint density at radius 1 is 0.672 bits per heavy atom. The summed E-state index contributed by atoms with van der Waals surface area (Å²) in [7, 11) is 6.39. The van der Waals surface area contributed by atoms with Gasteiger partial charge in [0.2, 0.25) is 0 Å². The van der Waals surface area contributed by atoms with Crippen LogP contribution in [-0.4, -0.2) is 96.2 Å². The molecule has 0 saturated heterocycles. The van der Waals surface area contributed by atoms with Crippen molar-refractivity contribution in [2.75, 3.05) is 40.9 Å². The van der Waals surface area contributed by atoms with Crippen LogP contribution in [0.3, 0.4) is 0 Å². The molecule has 6 aromatic rings. The number of benzene rings is 2. The van der Waals surface area contributed by atoms with E-state index in [2.05, 4.69) is 51.1 Å². The summed E-state index contributed by atoms with van der Waals surface area (Å²) in [6.07, 6.45) is 19.4. The van der Waals surface area contributed by atoms with Gasteiger partial charge in [0.25, 0.3) is 0 Å². The van der Waals surface area contributed by atoms with Crippen LogP contribution in [0.2, 0.25) is 0 Å². The summed E-state index contributed by atoms with van der Waals surface area (Å²) in [5.41, 5.74) is 3.48. The van der Waals surface area contributed by atoms with Gasteiger partial charge in [-0.25, -0.2) is 38.1 Å². The molecule has 0 N–H and O–H groups in total. The van der Waals surface area contributed by atoms with Gasteiger partial charge in [0.1, 0.15) is 46.5 Å². The molecule has 2 aliphatic carbocycles. The lowest BCUT2D eigenvalue weighted by Gasteiger charge is -2.34. The molecule has 0 amide bonds. The minimum absolute atomic E-state index is 0.349. The molecule has 0 bridgehead atoms. The molecule has 2 aromatic carbocycles. The maximum Gasteiger partial charge on any atom is 0.164 e. The van der Waals surface area contributed by atoms with E-state index in [-0.39, 0.29) is 11.6 Å². The Balaban J connectivity index is 0.897. The fourth-order valence-corrected chi connectivity index (χ4v) is 8.40. The second kappa shape index (κ2) is 17.9. The second-order valence-electron chi connectivity index (χ2n) is 16.0. The van der Waals surface area contributed by atoms with Crippen LogP contribution >= 0.6 is 0 Å². The molecule has 4 heterocycles. The molecule has 0 unspecified atom stereocenters. The zero-order chi connectivity index (χ0) is 40.0. The molecule has 4 aromatic heterocycles. The van der Waals surface area contributed by atoms with Gasteiger partial charge in [-0.1, -0.05) is 24.3 Å². The highest BCUT2D eigenvalue weighted by Crippen LogP contribution is 2.35. The third-order valence-electron chi connectivity index (χ3n) is 11.4. The summed E-state index contributed by atoms with van der Waals surface area (Å²) in [5, 5.41) is 8.86. The number of hydrogen-bond acceptors (Lipinski definition) is 10. The number of rotatable bonds is 15. The summed E-state index contributed by atoms with van der Waals surface area (Å²) in [4.78, 5) is 23.1. The molecule has 2 fully saturated rings. The smallest absolute Gasteiger partial charge is 0.164 e. The Hall–Kier alpha value is -5.60. The van der Waals surface area contributed by atoms with E-state index >= 15 is 0 Å². The van der Waals surface area contributed by atoms with Crippen molar-refractivity contribution in [2.24, 2.45) is 17.8 Å². The molecule has 0 radical (unpaired) electrons.